The largest absolute Gasteiger partial charge is 0.489 e. The lowest BCUT2D eigenvalue weighted by atomic mass is 9.85. The van der Waals surface area contributed by atoms with Gasteiger partial charge in [-0.1, -0.05) is 33.6 Å². The van der Waals surface area contributed by atoms with Crippen molar-refractivity contribution in [3.8, 4) is 11.6 Å². The maximum Gasteiger partial charge on any atom is 0.408 e. The van der Waals surface area contributed by atoms with Gasteiger partial charge in [0.2, 0.25) is 11.8 Å². The van der Waals surface area contributed by atoms with Crippen molar-refractivity contribution in [2.45, 2.75) is 116 Å². The summed E-state index contributed by atoms with van der Waals surface area (Å²) in [6, 6.07) is 1.17. The maximum absolute atomic E-state index is 14.0. The monoisotopic (exact) mass is 607 g/mol. The Kier molecular flexibility index (Phi) is 8.91. The number of nitrogens with one attached hydrogen (secondary N) is 1. The number of hydrogen-bond acceptors (Lipinski definition) is 8. The average molecular weight is 608 g/mol. The quantitative estimate of drug-likeness (QED) is 0.502. The van der Waals surface area contributed by atoms with Gasteiger partial charge in [-0.15, -0.1) is 0 Å². The molecule has 2 amide bonds. The van der Waals surface area contributed by atoms with Crippen molar-refractivity contribution in [1.29, 1.82) is 0 Å². The smallest absolute Gasteiger partial charge is 0.408 e. The summed E-state index contributed by atoms with van der Waals surface area (Å²) in [5.74, 6) is 1.74. The van der Waals surface area contributed by atoms with Gasteiger partial charge in [0.25, 0.3) is 0 Å². The summed E-state index contributed by atoms with van der Waals surface area (Å²) < 4.78 is 19.3. The minimum absolute atomic E-state index is 0.0480. The molecule has 2 bridgehead atoms. The highest BCUT2D eigenvalue weighted by molar-refractivity contribution is 5.87. The van der Waals surface area contributed by atoms with Gasteiger partial charge >= 0.3 is 6.09 Å². The summed E-state index contributed by atoms with van der Waals surface area (Å²) in [7, 11) is 2.16. The molecule has 2 saturated heterocycles. The van der Waals surface area contributed by atoms with Gasteiger partial charge in [-0.3, -0.25) is 9.78 Å². The Morgan fingerprint density at radius 1 is 1.05 bits per heavy atom. The lowest BCUT2D eigenvalue weighted by Crippen LogP contribution is -2.55. The molecule has 1 aliphatic carbocycles. The average Bonchev–Trinajstić information content (AvgIpc) is 3.60. The fraction of sp³-hybridized carbons (Fsp3) is 0.706. The Balaban J connectivity index is 1.33. The molecule has 3 fully saturated rings. The Hall–Kier alpha value is -3.14. The third-order valence-electron chi connectivity index (χ3n) is 9.84. The third-order valence-corrected chi connectivity index (χ3v) is 9.84. The number of alkyl carbamates (subject to hydrolysis) is 1. The highest BCUT2D eigenvalue weighted by Crippen LogP contribution is 2.41. The van der Waals surface area contributed by atoms with Gasteiger partial charge in [-0.2, -0.15) is 0 Å². The zero-order valence-electron chi connectivity index (χ0n) is 27.0. The van der Waals surface area contributed by atoms with E-state index in [2.05, 4.69) is 22.2 Å². The minimum Gasteiger partial charge on any atom is -0.489 e. The van der Waals surface area contributed by atoms with Crippen molar-refractivity contribution in [2.75, 3.05) is 26.7 Å². The van der Waals surface area contributed by atoms with E-state index in [0.29, 0.717) is 24.8 Å². The first-order valence-electron chi connectivity index (χ1n) is 16.6. The topological polar surface area (TPSA) is 106 Å². The van der Waals surface area contributed by atoms with Crippen LogP contribution in [0.15, 0.2) is 18.5 Å². The van der Waals surface area contributed by atoms with Crippen molar-refractivity contribution in [2.24, 2.45) is 11.3 Å². The zero-order valence-corrected chi connectivity index (χ0v) is 27.0. The van der Waals surface area contributed by atoms with Crippen molar-refractivity contribution < 1.29 is 23.8 Å². The van der Waals surface area contributed by atoms with Crippen LogP contribution < -0.4 is 14.8 Å². The molecule has 2 aromatic heterocycles. The number of piperidine rings is 1. The van der Waals surface area contributed by atoms with E-state index in [1.165, 1.54) is 0 Å². The van der Waals surface area contributed by atoms with Crippen LogP contribution in [0.2, 0.25) is 0 Å². The molecule has 1 N–H and O–H groups in total. The van der Waals surface area contributed by atoms with Gasteiger partial charge < -0.3 is 29.3 Å². The predicted molar refractivity (Wildman–Crippen MR) is 168 cm³/mol. The SMILES string of the molecule is C[C@@H]1C[C@@H]2CN1C(=O)[C@H](C(C)(C)C)NC(=O)OC1CC1CCCCCc1c(nc3ccncc3c1OC1CCN(C)CC1)O2. The van der Waals surface area contributed by atoms with E-state index in [4.69, 9.17) is 19.2 Å². The number of nitrogens with zero attached hydrogens (tertiary/aromatic N) is 4. The van der Waals surface area contributed by atoms with Crippen molar-refractivity contribution in [3.63, 3.8) is 0 Å². The molecule has 10 nitrogen and oxygen atoms in total. The Labute approximate surface area is 261 Å². The van der Waals surface area contributed by atoms with Gasteiger partial charge in [0.15, 0.2) is 0 Å². The van der Waals surface area contributed by atoms with Crippen LogP contribution in [0.4, 0.5) is 4.79 Å². The zero-order chi connectivity index (χ0) is 31.0. The molecule has 0 radical (unpaired) electrons. The first kappa shape index (κ1) is 30.9. The van der Waals surface area contributed by atoms with Crippen LogP contribution in [0.3, 0.4) is 0 Å². The van der Waals surface area contributed by atoms with Crippen molar-refractivity contribution >= 4 is 22.9 Å². The van der Waals surface area contributed by atoms with Crippen molar-refractivity contribution in [1.82, 2.24) is 25.1 Å². The van der Waals surface area contributed by atoms with Crippen LogP contribution in [0, 0.1) is 11.3 Å². The number of rotatable bonds is 2. The highest BCUT2D eigenvalue weighted by Gasteiger charge is 2.44. The second-order valence-electron chi connectivity index (χ2n) is 14.5. The summed E-state index contributed by atoms with van der Waals surface area (Å²) in [4.78, 5) is 40.5. The Morgan fingerprint density at radius 2 is 1.84 bits per heavy atom. The second kappa shape index (κ2) is 12.7. The van der Waals surface area contributed by atoms with E-state index in [1.807, 2.05) is 44.9 Å². The fourth-order valence-electron chi connectivity index (χ4n) is 7.01. The molecule has 0 aromatic carbocycles. The summed E-state index contributed by atoms with van der Waals surface area (Å²) in [6.07, 6.45) is 11.4. The molecule has 240 valence electrons. The number of carbonyl (C=O) groups is 2. The molecular weight excluding hydrogens is 558 g/mol. The lowest BCUT2D eigenvalue weighted by molar-refractivity contribution is -0.136. The Morgan fingerprint density at radius 3 is 2.61 bits per heavy atom. The number of pyridine rings is 2. The first-order chi connectivity index (χ1) is 21.1. The van der Waals surface area contributed by atoms with Gasteiger partial charge in [-0.25, -0.2) is 9.78 Å². The molecular formula is C34H49N5O5. The standard InChI is InChI=1S/C34H49N5O5/c1-21-17-24-20-39(21)32(40)30(34(2,3)4)37-33(41)44-28-18-22(28)9-7-6-8-10-25-29(42-23-12-15-38(5)16-13-23)26-19-35-14-11-27(26)36-31(25)43-24/h11,14,19,21-24,28,30H,6-10,12-13,15-18,20H2,1-5H3,(H,37,41)/t21-,22?,24-,28?,30-/m1/s1. The predicted octanol–water partition coefficient (Wildman–Crippen LogP) is 5.12. The van der Waals surface area contributed by atoms with Gasteiger partial charge in [0.05, 0.1) is 23.0 Å². The summed E-state index contributed by atoms with van der Waals surface area (Å²) >= 11 is 0. The van der Waals surface area contributed by atoms with E-state index in [1.54, 1.807) is 6.20 Å². The van der Waals surface area contributed by atoms with Gasteiger partial charge in [0.1, 0.15) is 30.1 Å². The molecule has 2 aromatic rings. The second-order valence-corrected chi connectivity index (χ2v) is 14.5. The highest BCUT2D eigenvalue weighted by atomic mass is 16.6. The molecule has 10 heteroatoms. The molecule has 2 unspecified atom stereocenters. The minimum atomic E-state index is -0.705. The van der Waals surface area contributed by atoms with Crippen molar-refractivity contribution in [3.05, 3.63) is 24.0 Å². The summed E-state index contributed by atoms with van der Waals surface area (Å²) in [5, 5.41) is 3.85. The van der Waals surface area contributed by atoms with E-state index in [9.17, 15) is 9.59 Å². The number of aromatic nitrogens is 2. The number of ether oxygens (including phenoxy) is 3. The van der Waals surface area contributed by atoms with Crippen LogP contribution in [0.5, 0.6) is 11.6 Å². The number of amides is 2. The van der Waals surface area contributed by atoms with E-state index in [0.717, 1.165) is 86.7 Å². The molecule has 1 saturated carbocycles. The third kappa shape index (κ3) is 6.90. The van der Waals surface area contributed by atoms with Crippen LogP contribution in [-0.4, -0.2) is 88.8 Å². The first-order valence-corrected chi connectivity index (χ1v) is 16.6. The number of likely N-dealkylation sites (tertiary alicyclic amines) is 1. The van der Waals surface area contributed by atoms with Crippen LogP contribution >= 0.6 is 0 Å². The van der Waals surface area contributed by atoms with Gasteiger partial charge in [0, 0.05) is 37.9 Å². The van der Waals surface area contributed by atoms with E-state index < -0.39 is 17.6 Å². The summed E-state index contributed by atoms with van der Waals surface area (Å²) in [5.41, 5.74) is 1.33. The summed E-state index contributed by atoms with van der Waals surface area (Å²) in [6.45, 7) is 10.4. The molecule has 4 aliphatic rings. The van der Waals surface area contributed by atoms with Gasteiger partial charge in [-0.05, 0) is 69.9 Å². The normalized spacial score (nSPS) is 29.5. The number of carbonyl (C=O) groups excluding carboxylic acids is 2. The Bertz CT molecular complexity index is 1350. The number of fused-ring (bicyclic) bond motifs is 5. The van der Waals surface area contributed by atoms with Crippen LogP contribution in [0.1, 0.15) is 84.6 Å². The van der Waals surface area contributed by atoms with Crippen LogP contribution in [-0.2, 0) is 16.0 Å². The molecule has 44 heavy (non-hydrogen) atoms. The lowest BCUT2D eigenvalue weighted by Gasteiger charge is -2.34. The molecule has 3 aliphatic heterocycles. The fourth-order valence-corrected chi connectivity index (χ4v) is 7.01. The molecule has 6 rings (SSSR count). The maximum atomic E-state index is 14.0. The van der Waals surface area contributed by atoms with E-state index >= 15 is 0 Å². The molecule has 0 spiro atoms. The molecule has 5 heterocycles. The van der Waals surface area contributed by atoms with E-state index in [-0.39, 0.29) is 30.3 Å². The number of hydrogen-bond donors (Lipinski definition) is 1. The molecule has 5 atom stereocenters. The van der Waals surface area contributed by atoms with Crippen LogP contribution in [0.25, 0.3) is 10.9 Å².